The Kier molecular flexibility index (Phi) is 7.43. The maximum Gasteiger partial charge on any atom is 0.321 e. The molecule has 0 fully saturated rings. The van der Waals surface area contributed by atoms with Crippen LogP contribution in [0.25, 0.3) is 0 Å². The summed E-state index contributed by atoms with van der Waals surface area (Å²) in [4.78, 5) is 31.7. The first kappa shape index (κ1) is 16.4. The van der Waals surface area contributed by atoms with Crippen LogP contribution in [0.1, 0.15) is 0 Å². The van der Waals surface area contributed by atoms with Gasteiger partial charge in [-0.1, -0.05) is 21.6 Å². The molecule has 0 heterocycles. The van der Waals surface area contributed by atoms with Gasteiger partial charge >= 0.3 is 17.9 Å². The summed E-state index contributed by atoms with van der Waals surface area (Å²) >= 11 is 3.66. The molecule has 3 atom stereocenters. The number of rotatable bonds is 8. The highest BCUT2D eigenvalue weighted by Gasteiger charge is 2.32. The van der Waals surface area contributed by atoms with Crippen molar-refractivity contribution in [2.75, 3.05) is 5.75 Å². The Labute approximate surface area is 110 Å². The van der Waals surface area contributed by atoms with Crippen LogP contribution < -0.4 is 5.73 Å². The Morgan fingerprint density at radius 2 is 1.65 bits per heavy atom. The van der Waals surface area contributed by atoms with Crippen LogP contribution in [0.2, 0.25) is 0 Å². The summed E-state index contributed by atoms with van der Waals surface area (Å²) in [5.74, 6) is -3.90. The van der Waals surface area contributed by atoms with Gasteiger partial charge in [0.05, 0.1) is 0 Å². The number of thiol groups is 1. The summed E-state index contributed by atoms with van der Waals surface area (Å²) in [6.45, 7) is 0. The molecular weight excluding hydrogens is 290 g/mol. The van der Waals surface area contributed by atoms with Gasteiger partial charge in [-0.15, -0.1) is 0 Å². The minimum atomic E-state index is -1.37. The third-order valence-electron chi connectivity index (χ3n) is 1.52. The molecule has 0 amide bonds. The van der Waals surface area contributed by atoms with Gasteiger partial charge in [-0.2, -0.15) is 12.6 Å². The molecule has 0 saturated heterocycles. The smallest absolute Gasteiger partial charge is 0.321 e. The average Bonchev–Trinajstić information content (AvgIpc) is 2.22. The van der Waals surface area contributed by atoms with E-state index in [4.69, 9.17) is 21.1 Å². The molecule has 0 aliphatic heterocycles. The molecule has 0 bridgehead atoms. The van der Waals surface area contributed by atoms with Crippen molar-refractivity contribution in [1.82, 2.24) is 0 Å². The Morgan fingerprint density at radius 1 is 1.12 bits per heavy atom. The molecule has 0 aromatic carbocycles. The van der Waals surface area contributed by atoms with Crippen molar-refractivity contribution < 1.29 is 29.7 Å². The van der Waals surface area contributed by atoms with Crippen molar-refractivity contribution in [2.24, 2.45) is 5.73 Å². The predicted molar refractivity (Wildman–Crippen MR) is 67.5 cm³/mol. The molecule has 0 aliphatic rings. The number of hydrogen-bond acceptors (Lipinski definition) is 7. The lowest BCUT2D eigenvalue weighted by Gasteiger charge is -2.15. The monoisotopic (exact) mass is 301 g/mol. The lowest BCUT2D eigenvalue weighted by atomic mass is 10.3. The number of carbonyl (C=O) groups is 3. The molecule has 5 N–H and O–H groups in total. The first-order valence-electron chi connectivity index (χ1n) is 4.17. The number of carboxylic acid groups (broad SMARTS) is 3. The zero-order valence-corrected chi connectivity index (χ0v) is 10.9. The van der Waals surface area contributed by atoms with Crippen molar-refractivity contribution >= 4 is 52.1 Å². The number of aliphatic carboxylic acids is 3. The molecule has 0 aromatic heterocycles. The van der Waals surface area contributed by atoms with Gasteiger partial charge in [0.2, 0.25) is 0 Å². The van der Waals surface area contributed by atoms with Gasteiger partial charge in [0.15, 0.2) is 0 Å². The minimum absolute atomic E-state index is 0.0239. The highest BCUT2D eigenvalue weighted by Crippen LogP contribution is 2.31. The van der Waals surface area contributed by atoms with E-state index < -0.39 is 34.4 Å². The second-order valence-electron chi connectivity index (χ2n) is 2.87. The molecule has 0 radical (unpaired) electrons. The van der Waals surface area contributed by atoms with E-state index in [1.54, 1.807) is 0 Å². The van der Waals surface area contributed by atoms with Crippen LogP contribution in [-0.4, -0.2) is 55.5 Å². The summed E-state index contributed by atoms with van der Waals surface area (Å²) in [6.07, 6.45) is 0. The highest BCUT2D eigenvalue weighted by atomic mass is 33.1. The largest absolute Gasteiger partial charge is 0.480 e. The van der Waals surface area contributed by atoms with E-state index in [0.29, 0.717) is 0 Å². The number of carboxylic acids is 3. The third kappa shape index (κ3) is 6.05. The van der Waals surface area contributed by atoms with Gasteiger partial charge in [-0.25, -0.2) is 0 Å². The number of hydrogen-bond donors (Lipinski definition) is 5. The van der Waals surface area contributed by atoms with Crippen molar-refractivity contribution in [1.29, 1.82) is 0 Å². The topological polar surface area (TPSA) is 138 Å². The van der Waals surface area contributed by atoms with Gasteiger partial charge in [-0.3, -0.25) is 14.4 Å². The maximum atomic E-state index is 10.8. The Morgan fingerprint density at radius 3 is 2.00 bits per heavy atom. The van der Waals surface area contributed by atoms with Crippen LogP contribution in [0, 0.1) is 0 Å². The van der Waals surface area contributed by atoms with Gasteiger partial charge in [0, 0.05) is 5.75 Å². The van der Waals surface area contributed by atoms with Crippen LogP contribution >= 0.6 is 34.2 Å². The molecule has 0 unspecified atom stereocenters. The molecular formula is C7H11NO6S3. The van der Waals surface area contributed by atoms with Crippen molar-refractivity contribution in [3.63, 3.8) is 0 Å². The molecule has 10 heteroatoms. The second-order valence-corrected chi connectivity index (χ2v) is 5.98. The summed E-state index contributed by atoms with van der Waals surface area (Å²) in [5.41, 5.74) is 5.20. The first-order chi connectivity index (χ1) is 7.77. The van der Waals surface area contributed by atoms with E-state index in [2.05, 4.69) is 12.6 Å². The SMILES string of the molecule is N[C@@H](CSS[C@@H](C(=O)O)[C@H](S)C(=O)O)C(=O)O. The van der Waals surface area contributed by atoms with E-state index in [1.807, 2.05) is 0 Å². The fraction of sp³-hybridized carbons (Fsp3) is 0.571. The van der Waals surface area contributed by atoms with Crippen LogP contribution in [0.5, 0.6) is 0 Å². The van der Waals surface area contributed by atoms with Gasteiger partial charge in [0.25, 0.3) is 0 Å². The molecule has 0 rings (SSSR count). The lowest BCUT2D eigenvalue weighted by Crippen LogP contribution is -2.34. The standard InChI is InChI=1S/C7H11NO6S3/c8-2(5(9)10)1-16-17-4(7(13)14)3(15)6(11)12/h2-4,15H,1,8H2,(H,9,10)(H,11,12)(H,13,14)/t2-,3-,4+/m0/s1. The van der Waals surface area contributed by atoms with E-state index in [9.17, 15) is 14.4 Å². The summed E-state index contributed by atoms with van der Waals surface area (Å²) in [5, 5.41) is 23.2. The van der Waals surface area contributed by atoms with Crippen LogP contribution in [-0.2, 0) is 14.4 Å². The Balaban J connectivity index is 4.25. The molecule has 0 spiro atoms. The van der Waals surface area contributed by atoms with E-state index in [0.717, 1.165) is 21.6 Å². The van der Waals surface area contributed by atoms with Crippen molar-refractivity contribution in [2.45, 2.75) is 16.5 Å². The molecule has 7 nitrogen and oxygen atoms in total. The van der Waals surface area contributed by atoms with Crippen LogP contribution in [0.3, 0.4) is 0 Å². The van der Waals surface area contributed by atoms with Gasteiger partial charge < -0.3 is 21.1 Å². The molecule has 0 aromatic rings. The van der Waals surface area contributed by atoms with E-state index in [-0.39, 0.29) is 5.75 Å². The van der Waals surface area contributed by atoms with Gasteiger partial charge in [0.1, 0.15) is 16.5 Å². The second kappa shape index (κ2) is 7.69. The van der Waals surface area contributed by atoms with Gasteiger partial charge in [-0.05, 0) is 0 Å². The summed E-state index contributed by atoms with van der Waals surface area (Å²) in [7, 11) is 1.62. The highest BCUT2D eigenvalue weighted by molar-refractivity contribution is 8.77. The average molecular weight is 301 g/mol. The Hall–Kier alpha value is -0.580. The normalized spacial score (nSPS) is 15.9. The molecule has 17 heavy (non-hydrogen) atoms. The minimum Gasteiger partial charge on any atom is -0.480 e. The van der Waals surface area contributed by atoms with Crippen molar-refractivity contribution in [3.8, 4) is 0 Å². The van der Waals surface area contributed by atoms with Crippen molar-refractivity contribution in [3.05, 3.63) is 0 Å². The Bertz CT molecular complexity index is 312. The first-order valence-corrected chi connectivity index (χ1v) is 7.07. The zero-order valence-electron chi connectivity index (χ0n) is 8.35. The van der Waals surface area contributed by atoms with E-state index >= 15 is 0 Å². The third-order valence-corrected chi connectivity index (χ3v) is 4.99. The summed E-state index contributed by atoms with van der Waals surface area (Å²) in [6, 6.07) is -1.12. The molecule has 0 saturated carbocycles. The lowest BCUT2D eigenvalue weighted by molar-refractivity contribution is -0.142. The fourth-order valence-electron chi connectivity index (χ4n) is 0.616. The number of nitrogens with two attached hydrogens (primary N) is 1. The van der Waals surface area contributed by atoms with E-state index in [1.165, 1.54) is 0 Å². The summed E-state index contributed by atoms with van der Waals surface area (Å²) < 4.78 is 0. The zero-order chi connectivity index (χ0) is 13.6. The van der Waals surface area contributed by atoms with Crippen LogP contribution in [0.4, 0.5) is 0 Å². The fourth-order valence-corrected chi connectivity index (χ4v) is 3.69. The quantitative estimate of drug-likeness (QED) is 0.300. The molecule has 0 aliphatic carbocycles. The van der Waals surface area contributed by atoms with Crippen LogP contribution in [0.15, 0.2) is 0 Å². The molecule has 98 valence electrons. The predicted octanol–water partition coefficient (Wildman–Crippen LogP) is -0.384. The maximum absolute atomic E-state index is 10.8.